The summed E-state index contributed by atoms with van der Waals surface area (Å²) < 4.78 is 24.0. The van der Waals surface area contributed by atoms with Gasteiger partial charge in [0.2, 0.25) is 5.79 Å². The molecule has 0 aromatic heterocycles. The first kappa shape index (κ1) is 18.9. The molecule has 0 bridgehead atoms. The van der Waals surface area contributed by atoms with Gasteiger partial charge in [0.25, 0.3) is 0 Å². The molecular weight excluding hydrogens is 372 g/mol. The van der Waals surface area contributed by atoms with Crippen LogP contribution < -0.4 is 0 Å². The van der Waals surface area contributed by atoms with Crippen LogP contribution >= 0.6 is 0 Å². The molecule has 2 aliphatic heterocycles. The van der Waals surface area contributed by atoms with Crippen LogP contribution in [0.1, 0.15) is 65.2 Å². The van der Waals surface area contributed by atoms with E-state index in [0.717, 1.165) is 32.1 Å². The normalized spacial score (nSPS) is 56.6. The molecule has 8 atom stereocenters. The third-order valence-corrected chi connectivity index (χ3v) is 10.2. The topological polar surface area (TPSA) is 71.1 Å². The smallest absolute Gasteiger partial charge is 0.226 e. The van der Waals surface area contributed by atoms with Crippen LogP contribution in [0.15, 0.2) is 0 Å². The predicted molar refractivity (Wildman–Crippen MR) is 102 cm³/mol. The standard InChI is InChI=1S/C23H32O6/c1-20-7-5-15(24)9-14(20)3-4-16-17-6-8-22(21(17,2)10-18(25)19(16)20)23(29-13-27-22)11-26-12-28-23/h14,16-17,19H,3-13H2,1-2H3/t14-,16-,17-,19-,20-,21-,22+,23+/m0/s1. The minimum absolute atomic E-state index is 0.0251. The van der Waals surface area contributed by atoms with E-state index in [-0.39, 0.29) is 30.3 Å². The Balaban J connectivity index is 1.39. The summed E-state index contributed by atoms with van der Waals surface area (Å²) in [5, 5.41) is 0. The van der Waals surface area contributed by atoms with Gasteiger partial charge in [-0.1, -0.05) is 13.8 Å². The third-order valence-electron chi connectivity index (χ3n) is 10.2. The number of fused-ring (bicyclic) bond motifs is 7. The molecule has 0 amide bonds. The van der Waals surface area contributed by atoms with Crippen molar-refractivity contribution in [2.24, 2.45) is 34.5 Å². The van der Waals surface area contributed by atoms with Gasteiger partial charge in [0.1, 0.15) is 23.8 Å². The van der Waals surface area contributed by atoms with Gasteiger partial charge in [0.05, 0.1) is 0 Å². The lowest BCUT2D eigenvalue weighted by Gasteiger charge is -2.60. The summed E-state index contributed by atoms with van der Waals surface area (Å²) in [4.78, 5) is 25.9. The lowest BCUT2D eigenvalue weighted by molar-refractivity contribution is -0.247. The van der Waals surface area contributed by atoms with Crippen LogP contribution in [0.3, 0.4) is 0 Å². The summed E-state index contributed by atoms with van der Waals surface area (Å²) in [7, 11) is 0. The number of rotatable bonds is 0. The van der Waals surface area contributed by atoms with Crippen LogP contribution in [0.5, 0.6) is 0 Å². The first-order valence-corrected chi connectivity index (χ1v) is 11.4. The van der Waals surface area contributed by atoms with Crippen molar-refractivity contribution in [1.29, 1.82) is 0 Å². The quantitative estimate of drug-likeness (QED) is 0.617. The first-order valence-electron chi connectivity index (χ1n) is 11.4. The molecule has 0 aromatic rings. The SMILES string of the molecule is C[C@]12CCC(=O)C[C@@H]1CC[C@@H]1[C@H]2C(=O)C[C@@]2(C)[C@H]1CC[C@@]21OCO[C@]12COCO2. The van der Waals surface area contributed by atoms with E-state index in [4.69, 9.17) is 18.9 Å². The van der Waals surface area contributed by atoms with E-state index in [1.54, 1.807) is 0 Å². The highest BCUT2D eigenvalue weighted by Gasteiger charge is 2.77. The van der Waals surface area contributed by atoms with Gasteiger partial charge in [-0.15, -0.1) is 0 Å². The third kappa shape index (κ3) is 2.12. The zero-order valence-corrected chi connectivity index (χ0v) is 17.5. The zero-order chi connectivity index (χ0) is 20.1. The van der Waals surface area contributed by atoms with Gasteiger partial charge in [0.15, 0.2) is 13.6 Å². The Morgan fingerprint density at radius 2 is 1.79 bits per heavy atom. The van der Waals surface area contributed by atoms with Gasteiger partial charge in [-0.25, -0.2) is 0 Å². The summed E-state index contributed by atoms with van der Waals surface area (Å²) >= 11 is 0. The van der Waals surface area contributed by atoms with E-state index >= 15 is 0 Å². The van der Waals surface area contributed by atoms with Crippen molar-refractivity contribution in [2.75, 3.05) is 20.2 Å². The van der Waals surface area contributed by atoms with Crippen LogP contribution in [0.4, 0.5) is 0 Å². The van der Waals surface area contributed by atoms with Crippen LogP contribution in [0.2, 0.25) is 0 Å². The molecule has 0 unspecified atom stereocenters. The van der Waals surface area contributed by atoms with E-state index in [0.29, 0.717) is 55.2 Å². The first-order chi connectivity index (χ1) is 13.9. The molecule has 6 fully saturated rings. The molecule has 2 heterocycles. The molecule has 2 spiro atoms. The molecule has 29 heavy (non-hydrogen) atoms. The monoisotopic (exact) mass is 404 g/mol. The molecule has 160 valence electrons. The van der Waals surface area contributed by atoms with Gasteiger partial charge in [-0.2, -0.15) is 0 Å². The highest BCUT2D eigenvalue weighted by molar-refractivity contribution is 5.86. The number of hydrogen-bond acceptors (Lipinski definition) is 6. The maximum atomic E-state index is 13.8. The molecule has 6 nitrogen and oxygen atoms in total. The summed E-state index contributed by atoms with van der Waals surface area (Å²) in [6, 6.07) is 0. The summed E-state index contributed by atoms with van der Waals surface area (Å²) in [6.45, 7) is 5.35. The molecule has 6 aliphatic rings. The molecular formula is C23H32O6. The van der Waals surface area contributed by atoms with Crippen LogP contribution in [0.25, 0.3) is 0 Å². The average Bonchev–Trinajstić information content (AvgIpc) is 3.37. The second-order valence-corrected chi connectivity index (χ2v) is 11.0. The zero-order valence-electron chi connectivity index (χ0n) is 17.5. The number of ether oxygens (including phenoxy) is 4. The summed E-state index contributed by atoms with van der Waals surface area (Å²) in [5.41, 5.74) is -0.937. The Kier molecular flexibility index (Phi) is 3.85. The van der Waals surface area contributed by atoms with Crippen molar-refractivity contribution in [3.8, 4) is 0 Å². The fourth-order valence-corrected chi connectivity index (χ4v) is 8.83. The lowest BCUT2D eigenvalue weighted by atomic mass is 9.43. The highest BCUT2D eigenvalue weighted by atomic mass is 16.9. The van der Waals surface area contributed by atoms with E-state index in [1.807, 2.05) is 0 Å². The lowest BCUT2D eigenvalue weighted by Crippen LogP contribution is -2.66. The highest BCUT2D eigenvalue weighted by Crippen LogP contribution is 2.71. The maximum absolute atomic E-state index is 13.8. The van der Waals surface area contributed by atoms with Gasteiger partial charge in [0, 0.05) is 30.6 Å². The summed E-state index contributed by atoms with van der Waals surface area (Å²) in [6.07, 6.45) is 6.71. The molecule has 4 aliphatic carbocycles. The van der Waals surface area contributed by atoms with Gasteiger partial charge in [-0.05, 0) is 55.3 Å². The van der Waals surface area contributed by atoms with Gasteiger partial charge in [-0.3, -0.25) is 9.59 Å². The van der Waals surface area contributed by atoms with Gasteiger partial charge >= 0.3 is 0 Å². The van der Waals surface area contributed by atoms with Crippen molar-refractivity contribution in [1.82, 2.24) is 0 Å². The number of carbonyl (C=O) groups is 2. The predicted octanol–water partition coefficient (Wildman–Crippen LogP) is 3.22. The fourth-order valence-electron chi connectivity index (χ4n) is 8.83. The minimum Gasteiger partial charge on any atom is -0.350 e. The Morgan fingerprint density at radius 1 is 0.966 bits per heavy atom. The molecule has 0 aromatic carbocycles. The van der Waals surface area contributed by atoms with E-state index in [1.165, 1.54) is 0 Å². The molecule has 6 rings (SSSR count). The van der Waals surface area contributed by atoms with Crippen LogP contribution in [-0.2, 0) is 28.5 Å². The van der Waals surface area contributed by atoms with Crippen molar-refractivity contribution in [2.45, 2.75) is 76.6 Å². The molecule has 0 radical (unpaired) electrons. The summed E-state index contributed by atoms with van der Waals surface area (Å²) in [5.74, 6) is 1.14. The number of ketones is 2. The van der Waals surface area contributed by atoms with E-state index in [9.17, 15) is 9.59 Å². The molecule has 6 heteroatoms. The number of Topliss-reactive ketones (excluding diaryl/α,β-unsaturated/α-hetero) is 2. The molecule has 4 saturated carbocycles. The van der Waals surface area contributed by atoms with Crippen molar-refractivity contribution < 1.29 is 28.5 Å². The van der Waals surface area contributed by atoms with Crippen molar-refractivity contribution in [3.63, 3.8) is 0 Å². The fraction of sp³-hybridized carbons (Fsp3) is 0.913. The van der Waals surface area contributed by atoms with Crippen molar-refractivity contribution in [3.05, 3.63) is 0 Å². The molecule has 0 N–H and O–H groups in total. The Labute approximate surface area is 172 Å². The van der Waals surface area contributed by atoms with E-state index in [2.05, 4.69) is 13.8 Å². The van der Waals surface area contributed by atoms with Crippen molar-refractivity contribution >= 4 is 11.6 Å². The average molecular weight is 405 g/mol. The Bertz CT molecular complexity index is 753. The van der Waals surface area contributed by atoms with Gasteiger partial charge < -0.3 is 18.9 Å². The van der Waals surface area contributed by atoms with Crippen LogP contribution in [0, 0.1) is 34.5 Å². The molecule has 2 saturated heterocycles. The number of hydrogen-bond donors (Lipinski definition) is 0. The second-order valence-electron chi connectivity index (χ2n) is 11.0. The second kappa shape index (κ2) is 5.90. The number of carbonyl (C=O) groups excluding carboxylic acids is 2. The van der Waals surface area contributed by atoms with Crippen LogP contribution in [-0.4, -0.2) is 43.1 Å². The Morgan fingerprint density at radius 3 is 2.59 bits per heavy atom. The Hall–Kier alpha value is -0.820. The largest absolute Gasteiger partial charge is 0.350 e. The maximum Gasteiger partial charge on any atom is 0.226 e. The van der Waals surface area contributed by atoms with E-state index < -0.39 is 11.4 Å². The minimum atomic E-state index is -0.873.